The van der Waals surface area contributed by atoms with Gasteiger partial charge in [-0.1, -0.05) is 21.1 Å². The molecular formula is C12H13BrFN3O2. The van der Waals surface area contributed by atoms with Gasteiger partial charge in [-0.25, -0.2) is 4.39 Å². The molecule has 0 aromatic heterocycles. The van der Waals surface area contributed by atoms with Crippen molar-refractivity contribution in [2.45, 2.75) is 18.9 Å². The Morgan fingerprint density at radius 3 is 2.79 bits per heavy atom. The summed E-state index contributed by atoms with van der Waals surface area (Å²) in [6.07, 6.45) is 1.79. The Labute approximate surface area is 117 Å². The summed E-state index contributed by atoms with van der Waals surface area (Å²) in [5.41, 5.74) is 5.46. The fourth-order valence-corrected chi connectivity index (χ4v) is 2.15. The van der Waals surface area contributed by atoms with Gasteiger partial charge in [0.2, 0.25) is 0 Å². The monoisotopic (exact) mass is 329 g/mol. The highest BCUT2D eigenvalue weighted by Gasteiger charge is 2.35. The first kappa shape index (κ1) is 13.8. The predicted molar refractivity (Wildman–Crippen MR) is 71.5 cm³/mol. The molecule has 4 N–H and O–H groups in total. The summed E-state index contributed by atoms with van der Waals surface area (Å²) in [5.74, 6) is -1.11. The molecule has 19 heavy (non-hydrogen) atoms. The van der Waals surface area contributed by atoms with Gasteiger partial charge in [0.1, 0.15) is 5.82 Å². The first-order valence-electron chi connectivity index (χ1n) is 5.76. The molecule has 2 rings (SSSR count). The number of nitrogens with zero attached hydrogens (tertiary/aromatic N) is 1. The number of amidine groups is 1. The molecule has 1 aromatic rings. The van der Waals surface area contributed by atoms with E-state index >= 15 is 0 Å². The van der Waals surface area contributed by atoms with Crippen LogP contribution in [-0.4, -0.2) is 23.0 Å². The van der Waals surface area contributed by atoms with Crippen molar-refractivity contribution >= 4 is 27.7 Å². The summed E-state index contributed by atoms with van der Waals surface area (Å²) in [6, 6.07) is 3.61. The van der Waals surface area contributed by atoms with E-state index < -0.39 is 17.8 Å². The maximum atomic E-state index is 13.6. The lowest BCUT2D eigenvalue weighted by Crippen LogP contribution is -2.46. The van der Waals surface area contributed by atoms with Crippen molar-refractivity contribution in [3.05, 3.63) is 34.1 Å². The zero-order chi connectivity index (χ0) is 14.0. The van der Waals surface area contributed by atoms with Gasteiger partial charge >= 0.3 is 0 Å². The van der Waals surface area contributed by atoms with Crippen molar-refractivity contribution in [2.75, 3.05) is 0 Å². The van der Waals surface area contributed by atoms with Gasteiger partial charge in [-0.2, -0.15) is 0 Å². The Morgan fingerprint density at radius 2 is 2.26 bits per heavy atom. The zero-order valence-electron chi connectivity index (χ0n) is 9.94. The third kappa shape index (κ3) is 3.23. The molecule has 0 saturated heterocycles. The van der Waals surface area contributed by atoms with Crippen LogP contribution in [-0.2, 0) is 0 Å². The third-order valence-electron chi connectivity index (χ3n) is 2.99. The van der Waals surface area contributed by atoms with E-state index in [1.807, 2.05) is 0 Å². The van der Waals surface area contributed by atoms with Gasteiger partial charge in [0.05, 0.1) is 11.6 Å². The Bertz CT molecular complexity index is 532. The van der Waals surface area contributed by atoms with E-state index in [9.17, 15) is 9.18 Å². The fraction of sp³-hybridized carbons (Fsp3) is 0.333. The largest absolute Gasteiger partial charge is 0.409 e. The lowest BCUT2D eigenvalue weighted by molar-refractivity contribution is 0.0939. The molecule has 0 spiro atoms. The van der Waals surface area contributed by atoms with E-state index in [1.54, 1.807) is 6.07 Å². The molecule has 0 radical (unpaired) electrons. The van der Waals surface area contributed by atoms with Crippen molar-refractivity contribution in [2.24, 2.45) is 16.8 Å². The quantitative estimate of drug-likeness (QED) is 0.341. The summed E-state index contributed by atoms with van der Waals surface area (Å²) in [6.45, 7) is 0. The van der Waals surface area contributed by atoms with E-state index in [4.69, 9.17) is 10.9 Å². The van der Waals surface area contributed by atoms with Crippen LogP contribution in [0.25, 0.3) is 0 Å². The Hall–Kier alpha value is -1.63. The maximum Gasteiger partial charge on any atom is 0.254 e. The van der Waals surface area contributed by atoms with Crippen LogP contribution in [0.1, 0.15) is 23.2 Å². The smallest absolute Gasteiger partial charge is 0.254 e. The molecule has 1 aliphatic rings. The minimum absolute atomic E-state index is 0.0617. The highest BCUT2D eigenvalue weighted by molar-refractivity contribution is 9.10. The predicted octanol–water partition coefficient (Wildman–Crippen LogP) is 1.84. The summed E-state index contributed by atoms with van der Waals surface area (Å²) >= 11 is 3.12. The highest BCUT2D eigenvalue weighted by atomic mass is 79.9. The van der Waals surface area contributed by atoms with Gasteiger partial charge in [0.25, 0.3) is 5.91 Å². The molecule has 1 amide bonds. The fourth-order valence-electron chi connectivity index (χ4n) is 1.82. The van der Waals surface area contributed by atoms with E-state index in [1.165, 1.54) is 12.1 Å². The maximum absolute atomic E-state index is 13.6. The van der Waals surface area contributed by atoms with E-state index in [2.05, 4.69) is 26.4 Å². The Kier molecular flexibility index (Phi) is 4.04. The highest BCUT2D eigenvalue weighted by Crippen LogP contribution is 2.33. The standard InChI is InChI=1S/C12H13BrFN3O2/c13-7-3-4-8(9(14)5-7)12(18)16-10(6-1-2-6)11(15)17-19/h3-6,10,19H,1-2H2,(H2,15,17)(H,16,18). The lowest BCUT2D eigenvalue weighted by atomic mass is 10.1. The van der Waals surface area contributed by atoms with Crippen molar-refractivity contribution < 1.29 is 14.4 Å². The Balaban J connectivity index is 2.15. The van der Waals surface area contributed by atoms with Crippen LogP contribution in [0, 0.1) is 11.7 Å². The number of hydrogen-bond donors (Lipinski definition) is 3. The number of carbonyl (C=O) groups is 1. The molecule has 1 aromatic carbocycles. The van der Waals surface area contributed by atoms with Crippen LogP contribution in [0.3, 0.4) is 0 Å². The summed E-state index contributed by atoms with van der Waals surface area (Å²) in [5, 5.41) is 14.2. The average molecular weight is 330 g/mol. The summed E-state index contributed by atoms with van der Waals surface area (Å²) in [7, 11) is 0. The first-order valence-corrected chi connectivity index (χ1v) is 6.55. The van der Waals surface area contributed by atoms with Gasteiger partial charge < -0.3 is 16.3 Å². The van der Waals surface area contributed by atoms with Crippen molar-refractivity contribution in [3.8, 4) is 0 Å². The lowest BCUT2D eigenvalue weighted by Gasteiger charge is -2.16. The first-order chi connectivity index (χ1) is 9.02. The molecule has 1 atom stereocenters. The molecule has 5 nitrogen and oxygen atoms in total. The number of nitrogens with two attached hydrogens (primary N) is 1. The van der Waals surface area contributed by atoms with Gasteiger partial charge in [-0.3, -0.25) is 4.79 Å². The van der Waals surface area contributed by atoms with E-state index in [0.717, 1.165) is 12.8 Å². The molecule has 7 heteroatoms. The van der Waals surface area contributed by atoms with Gasteiger partial charge in [-0.15, -0.1) is 0 Å². The van der Waals surface area contributed by atoms with Crippen LogP contribution in [0.4, 0.5) is 4.39 Å². The molecule has 0 heterocycles. The second kappa shape index (κ2) is 5.56. The normalized spacial score (nSPS) is 17.1. The number of hydrogen-bond acceptors (Lipinski definition) is 3. The molecule has 102 valence electrons. The number of rotatable bonds is 4. The second-order valence-electron chi connectivity index (χ2n) is 4.44. The van der Waals surface area contributed by atoms with E-state index in [0.29, 0.717) is 4.47 Å². The molecule has 1 aliphatic carbocycles. The minimum Gasteiger partial charge on any atom is -0.409 e. The Morgan fingerprint density at radius 1 is 1.58 bits per heavy atom. The summed E-state index contributed by atoms with van der Waals surface area (Å²) in [4.78, 5) is 12.0. The molecule has 1 unspecified atom stereocenters. The molecule has 0 bridgehead atoms. The topological polar surface area (TPSA) is 87.7 Å². The van der Waals surface area contributed by atoms with Crippen molar-refractivity contribution in [1.29, 1.82) is 0 Å². The average Bonchev–Trinajstić information content (AvgIpc) is 3.19. The third-order valence-corrected chi connectivity index (χ3v) is 3.48. The van der Waals surface area contributed by atoms with Gasteiger partial charge in [0.15, 0.2) is 5.84 Å². The SMILES string of the molecule is NC(=NO)C(NC(=O)c1ccc(Br)cc1F)C1CC1. The number of carbonyl (C=O) groups excluding carboxylic acids is 1. The number of nitrogens with one attached hydrogen (secondary N) is 1. The van der Waals surface area contributed by atoms with Crippen LogP contribution < -0.4 is 11.1 Å². The number of halogens is 2. The zero-order valence-corrected chi connectivity index (χ0v) is 11.5. The van der Waals surface area contributed by atoms with Crippen LogP contribution in [0.5, 0.6) is 0 Å². The number of oxime groups is 1. The number of benzene rings is 1. The van der Waals surface area contributed by atoms with Crippen LogP contribution in [0.15, 0.2) is 27.8 Å². The molecule has 0 aliphatic heterocycles. The van der Waals surface area contributed by atoms with Crippen molar-refractivity contribution in [1.82, 2.24) is 5.32 Å². The summed E-state index contributed by atoms with van der Waals surface area (Å²) < 4.78 is 14.2. The molecular weight excluding hydrogens is 317 g/mol. The second-order valence-corrected chi connectivity index (χ2v) is 5.35. The van der Waals surface area contributed by atoms with E-state index in [-0.39, 0.29) is 17.3 Å². The molecule has 1 fully saturated rings. The van der Waals surface area contributed by atoms with Crippen molar-refractivity contribution in [3.63, 3.8) is 0 Å². The van der Waals surface area contributed by atoms with Gasteiger partial charge in [-0.05, 0) is 37.0 Å². The minimum atomic E-state index is -0.624. The van der Waals surface area contributed by atoms with Crippen LogP contribution >= 0.6 is 15.9 Å². The van der Waals surface area contributed by atoms with Gasteiger partial charge in [0, 0.05) is 4.47 Å². The number of amides is 1. The van der Waals surface area contributed by atoms with Crippen LogP contribution in [0.2, 0.25) is 0 Å². The molecule has 1 saturated carbocycles.